The van der Waals surface area contributed by atoms with E-state index >= 15 is 8.78 Å². The van der Waals surface area contributed by atoms with Crippen LogP contribution in [-0.2, 0) is 16.1 Å². The monoisotopic (exact) mass is 750 g/mol. The Hall–Kier alpha value is -5.23. The lowest BCUT2D eigenvalue weighted by Gasteiger charge is -2.38. The number of aliphatic hydroxyl groups is 1. The van der Waals surface area contributed by atoms with Crippen molar-refractivity contribution in [3.05, 3.63) is 162 Å². The van der Waals surface area contributed by atoms with Crippen molar-refractivity contribution >= 4 is 25.8 Å². The molecule has 0 bridgehead atoms. The van der Waals surface area contributed by atoms with Crippen LogP contribution in [0.2, 0.25) is 18.1 Å². The Morgan fingerprint density at radius 2 is 1.31 bits per heavy atom. The number of nitrogens with zero attached hydrogens (tertiary/aromatic N) is 2. The highest BCUT2D eigenvalue weighted by molar-refractivity contribution is 6.74. The Balaban J connectivity index is 1.61. The average molecular weight is 751 g/mol. The zero-order valence-corrected chi connectivity index (χ0v) is 32.2. The van der Waals surface area contributed by atoms with Gasteiger partial charge in [-0.2, -0.15) is 8.78 Å². The maximum Gasteiger partial charge on any atom is 0.343 e. The molecule has 2 amide bonds. The highest BCUT2D eigenvalue weighted by atomic mass is 28.4. The first-order valence-electron chi connectivity index (χ1n) is 17.9. The van der Waals surface area contributed by atoms with Gasteiger partial charge in [-0.3, -0.25) is 19.9 Å². The zero-order chi connectivity index (χ0) is 38.9. The predicted octanol–water partition coefficient (Wildman–Crippen LogP) is 8.87. The molecule has 54 heavy (non-hydrogen) atoms. The fourth-order valence-corrected chi connectivity index (χ4v) is 6.91. The Kier molecular flexibility index (Phi) is 12.8. The maximum absolute atomic E-state index is 17.4. The summed E-state index contributed by atoms with van der Waals surface area (Å²) < 4.78 is 41.3. The van der Waals surface area contributed by atoms with Crippen LogP contribution in [0.4, 0.5) is 14.5 Å². The van der Waals surface area contributed by atoms with E-state index in [0.717, 1.165) is 4.90 Å². The zero-order valence-electron chi connectivity index (χ0n) is 31.2. The third-order valence-electron chi connectivity index (χ3n) is 9.89. The molecule has 0 fully saturated rings. The standard InChI is InChI=1S/C43H48F2N4O4Si/c1-42(2,3)54(4,5)53-37-24-16-15-23-35(37)48-40(51)38(33-25-27-46-28-26-33)49(29-31-17-9-6-10-18-31)41(52)43(44,45)39(34-21-13-8-14-22-34)47-36(30-50)32-19-11-7-12-20-32/h6-28,36,38-39,47,50H,29-30H2,1-5H3,(H,48,51)/t36-,38?,39-/m0/s1. The summed E-state index contributed by atoms with van der Waals surface area (Å²) in [7, 11) is -2.37. The van der Waals surface area contributed by atoms with E-state index in [9.17, 15) is 14.7 Å². The summed E-state index contributed by atoms with van der Waals surface area (Å²) in [5, 5.41) is 16.1. The number of carbonyl (C=O) groups is 2. The first kappa shape index (κ1) is 40.0. The lowest BCUT2D eigenvalue weighted by molar-refractivity contribution is -0.168. The van der Waals surface area contributed by atoms with E-state index in [4.69, 9.17) is 4.43 Å². The van der Waals surface area contributed by atoms with E-state index < -0.39 is 50.8 Å². The van der Waals surface area contributed by atoms with Crippen LogP contribution in [0.3, 0.4) is 0 Å². The minimum absolute atomic E-state index is 0.131. The number of halogens is 2. The smallest absolute Gasteiger partial charge is 0.343 e. The van der Waals surface area contributed by atoms with Crippen molar-refractivity contribution in [1.29, 1.82) is 0 Å². The summed E-state index contributed by atoms with van der Waals surface area (Å²) in [6.45, 7) is 9.66. The van der Waals surface area contributed by atoms with E-state index in [2.05, 4.69) is 49.5 Å². The number of benzene rings is 4. The molecule has 1 heterocycles. The topological polar surface area (TPSA) is 104 Å². The van der Waals surface area contributed by atoms with Gasteiger partial charge in [0.1, 0.15) is 17.8 Å². The van der Waals surface area contributed by atoms with Crippen molar-refractivity contribution in [2.45, 2.75) is 69.5 Å². The van der Waals surface area contributed by atoms with E-state index in [0.29, 0.717) is 22.6 Å². The molecule has 0 aliphatic heterocycles. The second kappa shape index (κ2) is 17.3. The van der Waals surface area contributed by atoms with Gasteiger partial charge in [0, 0.05) is 18.9 Å². The molecule has 0 saturated heterocycles. The third kappa shape index (κ3) is 9.46. The Morgan fingerprint density at radius 1 is 0.778 bits per heavy atom. The van der Waals surface area contributed by atoms with E-state index in [1.54, 1.807) is 103 Å². The number of anilines is 1. The van der Waals surface area contributed by atoms with Crippen molar-refractivity contribution in [2.24, 2.45) is 0 Å². The molecule has 0 radical (unpaired) electrons. The van der Waals surface area contributed by atoms with E-state index in [-0.39, 0.29) is 22.7 Å². The highest BCUT2D eigenvalue weighted by Gasteiger charge is 2.53. The van der Waals surface area contributed by atoms with Gasteiger partial charge in [0.25, 0.3) is 20.1 Å². The van der Waals surface area contributed by atoms with Gasteiger partial charge in [-0.1, -0.05) is 124 Å². The molecule has 0 aliphatic rings. The van der Waals surface area contributed by atoms with Crippen LogP contribution in [0.1, 0.15) is 61.2 Å². The highest BCUT2D eigenvalue weighted by Crippen LogP contribution is 2.41. The van der Waals surface area contributed by atoms with Crippen molar-refractivity contribution < 1.29 is 27.9 Å². The van der Waals surface area contributed by atoms with E-state index in [1.165, 1.54) is 36.7 Å². The summed E-state index contributed by atoms with van der Waals surface area (Å²) in [5.74, 6) is -5.98. The van der Waals surface area contributed by atoms with Gasteiger partial charge in [0.05, 0.1) is 18.3 Å². The number of aliphatic hydroxyl groups excluding tert-OH is 1. The molecule has 282 valence electrons. The number of nitrogens with one attached hydrogen (secondary N) is 2. The molecular weight excluding hydrogens is 703 g/mol. The van der Waals surface area contributed by atoms with Crippen molar-refractivity contribution in [2.75, 3.05) is 11.9 Å². The third-order valence-corrected chi connectivity index (χ3v) is 14.2. The molecule has 5 rings (SSSR count). The van der Waals surface area contributed by atoms with Crippen LogP contribution in [0.5, 0.6) is 5.75 Å². The number of alkyl halides is 2. The second-order valence-corrected chi connectivity index (χ2v) is 19.5. The molecule has 4 aromatic carbocycles. The number of carbonyl (C=O) groups excluding carboxylic acids is 2. The Bertz CT molecular complexity index is 1960. The SMILES string of the molecule is CC(C)(C)[Si](C)(C)Oc1ccccc1NC(=O)C(c1ccncc1)N(Cc1ccccc1)C(=O)C(F)(F)[C@@H](N[C@@H](CO)c1ccccc1)c1ccccc1. The van der Waals surface area contributed by atoms with E-state index in [1.807, 2.05) is 0 Å². The lowest BCUT2D eigenvalue weighted by atomic mass is 9.95. The van der Waals surface area contributed by atoms with Gasteiger partial charge in [-0.25, -0.2) is 0 Å². The molecule has 3 N–H and O–H groups in total. The molecule has 1 unspecified atom stereocenters. The van der Waals surface area contributed by atoms with Crippen LogP contribution < -0.4 is 15.1 Å². The molecule has 1 aromatic heterocycles. The molecule has 8 nitrogen and oxygen atoms in total. The average Bonchev–Trinajstić information content (AvgIpc) is 3.16. The summed E-state index contributed by atoms with van der Waals surface area (Å²) >= 11 is 0. The number of aromatic nitrogens is 1. The normalized spacial score (nSPS) is 13.7. The molecule has 0 aliphatic carbocycles. The van der Waals surface area contributed by atoms with Gasteiger partial charge in [-0.15, -0.1) is 0 Å². The summed E-state index contributed by atoms with van der Waals surface area (Å²) in [6.07, 6.45) is 2.90. The van der Waals surface area contributed by atoms with Gasteiger partial charge in [0.2, 0.25) is 0 Å². The van der Waals surface area contributed by atoms with Gasteiger partial charge < -0.3 is 19.7 Å². The van der Waals surface area contributed by atoms with Gasteiger partial charge >= 0.3 is 5.92 Å². The number of hydrogen-bond acceptors (Lipinski definition) is 6. The number of hydrogen-bond donors (Lipinski definition) is 3. The van der Waals surface area contributed by atoms with Crippen molar-refractivity contribution in [3.8, 4) is 5.75 Å². The molecule has 0 saturated carbocycles. The number of pyridine rings is 1. The number of amides is 2. The van der Waals surface area contributed by atoms with Crippen molar-refractivity contribution in [1.82, 2.24) is 15.2 Å². The minimum atomic E-state index is -4.13. The number of rotatable bonds is 15. The summed E-state index contributed by atoms with van der Waals surface area (Å²) in [4.78, 5) is 34.5. The van der Waals surface area contributed by atoms with Gasteiger partial charge in [-0.05, 0) is 64.7 Å². The molecule has 5 aromatic rings. The summed E-state index contributed by atoms with van der Waals surface area (Å²) in [6, 6.07) is 31.1. The molecule has 11 heteroatoms. The Morgan fingerprint density at radius 3 is 1.89 bits per heavy atom. The van der Waals surface area contributed by atoms with Crippen molar-refractivity contribution in [3.63, 3.8) is 0 Å². The van der Waals surface area contributed by atoms with Gasteiger partial charge in [0.15, 0.2) is 0 Å². The predicted molar refractivity (Wildman–Crippen MR) is 210 cm³/mol. The first-order valence-corrected chi connectivity index (χ1v) is 20.8. The first-order chi connectivity index (χ1) is 25.7. The van der Waals surface area contributed by atoms with Crippen LogP contribution in [0.25, 0.3) is 0 Å². The van der Waals surface area contributed by atoms with Crippen LogP contribution >= 0.6 is 0 Å². The Labute approximate surface area is 317 Å². The molecular formula is C43H48F2N4O4Si. The summed E-state index contributed by atoms with van der Waals surface area (Å²) in [5.41, 5.74) is 1.87. The van der Waals surface area contributed by atoms with Crippen LogP contribution in [0.15, 0.2) is 140 Å². The largest absolute Gasteiger partial charge is 0.542 e. The fourth-order valence-electron chi connectivity index (χ4n) is 5.88. The molecule has 0 spiro atoms. The lowest BCUT2D eigenvalue weighted by Crippen LogP contribution is -2.53. The maximum atomic E-state index is 17.4. The van der Waals surface area contributed by atoms with Crippen LogP contribution in [0, 0.1) is 0 Å². The van der Waals surface area contributed by atoms with Crippen LogP contribution in [-0.4, -0.2) is 47.7 Å². The fraction of sp³-hybridized carbons (Fsp3) is 0.279. The molecule has 3 atom stereocenters. The number of para-hydroxylation sites is 2. The quantitative estimate of drug-likeness (QED) is 0.0925. The second-order valence-electron chi connectivity index (χ2n) is 14.7. The minimum Gasteiger partial charge on any atom is -0.542 e.